The quantitative estimate of drug-likeness (QED) is 0.866. The molecule has 4 rings (SSSR count). The highest BCUT2D eigenvalue weighted by atomic mass is 16.2. The highest BCUT2D eigenvalue weighted by Gasteiger charge is 2.28. The molecule has 1 aromatic heterocycles. The third-order valence-electron chi connectivity index (χ3n) is 5.88. The van der Waals surface area contributed by atoms with E-state index in [4.69, 9.17) is 0 Å². The van der Waals surface area contributed by atoms with Gasteiger partial charge < -0.3 is 20.1 Å². The van der Waals surface area contributed by atoms with Gasteiger partial charge in [-0.1, -0.05) is 18.2 Å². The molecule has 1 aromatic carbocycles. The summed E-state index contributed by atoms with van der Waals surface area (Å²) in [7, 11) is 1.98. The fraction of sp³-hybridized carbons (Fsp3) is 0.524. The molecule has 0 aliphatic carbocycles. The van der Waals surface area contributed by atoms with E-state index < -0.39 is 0 Å². The predicted molar refractivity (Wildman–Crippen MR) is 106 cm³/mol. The molecule has 0 bridgehead atoms. The predicted octanol–water partition coefficient (Wildman–Crippen LogP) is 1.90. The zero-order valence-corrected chi connectivity index (χ0v) is 15.9. The second-order valence-corrected chi connectivity index (χ2v) is 7.82. The van der Waals surface area contributed by atoms with Crippen molar-refractivity contribution in [1.82, 2.24) is 20.1 Å². The van der Waals surface area contributed by atoms with Crippen molar-refractivity contribution in [2.75, 3.05) is 26.2 Å². The smallest absolute Gasteiger partial charge is 0.256 e. The average molecular weight is 368 g/mol. The van der Waals surface area contributed by atoms with Gasteiger partial charge in [-0.25, -0.2) is 0 Å². The van der Waals surface area contributed by atoms with Crippen LogP contribution in [-0.4, -0.2) is 53.5 Å². The van der Waals surface area contributed by atoms with Crippen LogP contribution in [0.2, 0.25) is 0 Å². The molecule has 2 atom stereocenters. The molecule has 27 heavy (non-hydrogen) atoms. The first-order valence-electron chi connectivity index (χ1n) is 9.98. The third-order valence-corrected chi connectivity index (χ3v) is 5.88. The van der Waals surface area contributed by atoms with Crippen LogP contribution in [-0.2, 0) is 11.8 Å². The number of carbonyl (C=O) groups is 2. The number of amides is 2. The van der Waals surface area contributed by atoms with Gasteiger partial charge in [0.15, 0.2) is 0 Å². The van der Waals surface area contributed by atoms with Gasteiger partial charge in [0.05, 0.1) is 11.6 Å². The van der Waals surface area contributed by atoms with Crippen LogP contribution in [0.5, 0.6) is 0 Å². The number of aryl methyl sites for hydroxylation is 1. The molecule has 0 unspecified atom stereocenters. The number of hydrogen-bond donors (Lipinski definition) is 2. The van der Waals surface area contributed by atoms with Gasteiger partial charge in [-0.05, 0) is 44.2 Å². The highest BCUT2D eigenvalue weighted by Crippen LogP contribution is 2.24. The fourth-order valence-corrected chi connectivity index (χ4v) is 4.38. The van der Waals surface area contributed by atoms with E-state index in [1.54, 1.807) is 0 Å². The van der Waals surface area contributed by atoms with Gasteiger partial charge in [0, 0.05) is 43.8 Å². The largest absolute Gasteiger partial charge is 0.354 e. The molecule has 2 N–H and O–H groups in total. The van der Waals surface area contributed by atoms with E-state index in [0.717, 1.165) is 55.2 Å². The first-order valence-corrected chi connectivity index (χ1v) is 9.98. The summed E-state index contributed by atoms with van der Waals surface area (Å²) in [5, 5.41) is 7.32. The van der Waals surface area contributed by atoms with Crippen LogP contribution < -0.4 is 10.6 Å². The average Bonchev–Trinajstić information content (AvgIpc) is 3.35. The number of rotatable bonds is 4. The van der Waals surface area contributed by atoms with Gasteiger partial charge >= 0.3 is 0 Å². The van der Waals surface area contributed by atoms with Gasteiger partial charge in [0.1, 0.15) is 0 Å². The molecule has 0 spiro atoms. The summed E-state index contributed by atoms with van der Waals surface area (Å²) in [5.74, 6) is 0.522. The maximum absolute atomic E-state index is 13.1. The molecule has 2 saturated heterocycles. The number of benzene rings is 1. The number of piperidine rings is 1. The molecule has 6 nitrogen and oxygen atoms in total. The second-order valence-electron chi connectivity index (χ2n) is 7.82. The third kappa shape index (κ3) is 3.72. The number of fused-ring (bicyclic) bond motifs is 1. The Balaban J connectivity index is 1.40. The molecular weight excluding hydrogens is 340 g/mol. The molecule has 2 aromatic rings. The second kappa shape index (κ2) is 7.72. The van der Waals surface area contributed by atoms with E-state index in [0.29, 0.717) is 19.0 Å². The van der Waals surface area contributed by atoms with Crippen molar-refractivity contribution in [3.8, 4) is 0 Å². The van der Waals surface area contributed by atoms with Gasteiger partial charge in [0.25, 0.3) is 5.91 Å². The zero-order chi connectivity index (χ0) is 18.8. The Morgan fingerprint density at radius 2 is 2.07 bits per heavy atom. The Hall–Kier alpha value is -2.34. The molecule has 2 fully saturated rings. The SMILES string of the molecule is Cn1cc(C(=O)N2CCC[C@H](CNC(=O)[C@@H]3CCCN3)C2)c2ccccc21. The molecule has 2 aliphatic heterocycles. The number of carbonyl (C=O) groups excluding carboxylic acids is 2. The van der Waals surface area contributed by atoms with E-state index in [1.807, 2.05) is 47.0 Å². The van der Waals surface area contributed by atoms with E-state index >= 15 is 0 Å². The number of hydrogen-bond acceptors (Lipinski definition) is 3. The van der Waals surface area contributed by atoms with Crippen molar-refractivity contribution in [3.63, 3.8) is 0 Å². The van der Waals surface area contributed by atoms with Crippen molar-refractivity contribution < 1.29 is 9.59 Å². The first kappa shape index (κ1) is 18.0. The summed E-state index contributed by atoms with van der Waals surface area (Å²) < 4.78 is 2.01. The summed E-state index contributed by atoms with van der Waals surface area (Å²) >= 11 is 0. The number of likely N-dealkylation sites (tertiary alicyclic amines) is 1. The first-order chi connectivity index (χ1) is 13.1. The van der Waals surface area contributed by atoms with Crippen molar-refractivity contribution >= 4 is 22.7 Å². The van der Waals surface area contributed by atoms with Crippen molar-refractivity contribution in [1.29, 1.82) is 0 Å². The number of aromatic nitrogens is 1. The molecule has 6 heteroatoms. The zero-order valence-electron chi connectivity index (χ0n) is 15.9. The lowest BCUT2D eigenvalue weighted by molar-refractivity contribution is -0.123. The molecule has 144 valence electrons. The molecule has 2 amide bonds. The Morgan fingerprint density at radius 1 is 1.22 bits per heavy atom. The van der Waals surface area contributed by atoms with E-state index in [-0.39, 0.29) is 17.9 Å². The standard InChI is InChI=1S/C21H28N4O2/c1-24-14-17(16-7-2-3-9-19(16)24)21(27)25-11-5-6-15(13-25)12-23-20(26)18-8-4-10-22-18/h2-3,7,9,14-15,18,22H,4-6,8,10-13H2,1H3,(H,23,26)/t15-,18+/m1/s1. The van der Waals surface area contributed by atoms with Gasteiger partial charge in [-0.15, -0.1) is 0 Å². The number of nitrogens with one attached hydrogen (secondary N) is 2. The normalized spacial score (nSPS) is 22.9. The Morgan fingerprint density at radius 3 is 2.89 bits per heavy atom. The van der Waals surface area contributed by atoms with E-state index in [9.17, 15) is 9.59 Å². The summed E-state index contributed by atoms with van der Waals surface area (Å²) in [6, 6.07) is 7.98. The summed E-state index contributed by atoms with van der Waals surface area (Å²) in [6.45, 7) is 3.07. The van der Waals surface area contributed by atoms with Gasteiger partial charge in [-0.2, -0.15) is 0 Å². The number of para-hydroxylation sites is 1. The van der Waals surface area contributed by atoms with Crippen LogP contribution >= 0.6 is 0 Å². The van der Waals surface area contributed by atoms with Crippen LogP contribution in [0.15, 0.2) is 30.5 Å². The summed E-state index contributed by atoms with van der Waals surface area (Å²) in [5.41, 5.74) is 1.85. The minimum absolute atomic E-state index is 0.0398. The molecular formula is C21H28N4O2. The van der Waals surface area contributed by atoms with Crippen molar-refractivity contribution in [2.24, 2.45) is 13.0 Å². The molecule has 3 heterocycles. The van der Waals surface area contributed by atoms with E-state index in [2.05, 4.69) is 10.6 Å². The fourth-order valence-electron chi connectivity index (χ4n) is 4.38. The Kier molecular flexibility index (Phi) is 5.16. The minimum atomic E-state index is -0.0398. The van der Waals surface area contributed by atoms with Crippen LogP contribution in [0.25, 0.3) is 10.9 Å². The molecule has 0 saturated carbocycles. The van der Waals surface area contributed by atoms with Crippen LogP contribution in [0, 0.1) is 5.92 Å². The summed E-state index contributed by atoms with van der Waals surface area (Å²) in [4.78, 5) is 27.3. The maximum atomic E-state index is 13.1. The maximum Gasteiger partial charge on any atom is 0.256 e. The van der Waals surface area contributed by atoms with E-state index in [1.165, 1.54) is 0 Å². The monoisotopic (exact) mass is 368 g/mol. The van der Waals surface area contributed by atoms with Gasteiger partial charge in [-0.3, -0.25) is 9.59 Å². The van der Waals surface area contributed by atoms with Crippen molar-refractivity contribution in [3.05, 3.63) is 36.0 Å². The number of nitrogens with zero attached hydrogens (tertiary/aromatic N) is 2. The van der Waals surface area contributed by atoms with Crippen LogP contribution in [0.4, 0.5) is 0 Å². The topological polar surface area (TPSA) is 66.4 Å². The minimum Gasteiger partial charge on any atom is -0.354 e. The Labute approximate surface area is 159 Å². The lowest BCUT2D eigenvalue weighted by Gasteiger charge is -2.33. The lowest BCUT2D eigenvalue weighted by Crippen LogP contribution is -2.46. The highest BCUT2D eigenvalue weighted by molar-refractivity contribution is 6.07. The summed E-state index contributed by atoms with van der Waals surface area (Å²) in [6.07, 6.45) is 5.96. The molecule has 2 aliphatic rings. The molecule has 0 radical (unpaired) electrons. The lowest BCUT2D eigenvalue weighted by atomic mass is 9.97. The van der Waals surface area contributed by atoms with Crippen LogP contribution in [0.3, 0.4) is 0 Å². The van der Waals surface area contributed by atoms with Crippen molar-refractivity contribution in [2.45, 2.75) is 31.7 Å². The van der Waals surface area contributed by atoms with Crippen LogP contribution in [0.1, 0.15) is 36.0 Å². The Bertz CT molecular complexity index is 838. The van der Waals surface area contributed by atoms with Gasteiger partial charge in [0.2, 0.25) is 5.91 Å².